The molecule has 1 aliphatic rings. The lowest BCUT2D eigenvalue weighted by atomic mass is 9.95. The number of allylic oxidation sites excluding steroid dienone is 1. The van der Waals surface area contributed by atoms with E-state index >= 15 is 0 Å². The second-order valence-corrected chi connectivity index (χ2v) is 11.2. The number of ether oxygens (including phenoxy) is 4. The highest BCUT2D eigenvalue weighted by Crippen LogP contribution is 2.41. The molecule has 5 rings (SSSR count). The molecule has 2 aromatic carbocycles. The number of carbonyl (C=O) groups excluding carboxylic acids is 1. The number of furan rings is 1. The average molecular weight is 685 g/mol. The topological polar surface area (TPSA) is 145 Å². The van der Waals surface area contributed by atoms with Gasteiger partial charge in [0.25, 0.3) is 11.2 Å². The van der Waals surface area contributed by atoms with Crippen molar-refractivity contribution in [1.29, 1.82) is 0 Å². The van der Waals surface area contributed by atoms with E-state index in [4.69, 9.17) is 23.4 Å². The Bertz CT molecular complexity index is 2010. The molecule has 2 aromatic heterocycles. The zero-order valence-electron chi connectivity index (χ0n) is 24.2. The third-order valence-electron chi connectivity index (χ3n) is 6.87. The minimum atomic E-state index is -0.900. The van der Waals surface area contributed by atoms with E-state index in [1.807, 2.05) is 0 Å². The van der Waals surface area contributed by atoms with E-state index in [2.05, 4.69) is 20.9 Å². The van der Waals surface area contributed by atoms with Gasteiger partial charge in [0, 0.05) is 22.7 Å². The maximum absolute atomic E-state index is 14.0. The predicted octanol–water partition coefficient (Wildman–Crippen LogP) is 4.75. The summed E-state index contributed by atoms with van der Waals surface area (Å²) >= 11 is 4.71. The molecule has 1 atom stereocenters. The van der Waals surface area contributed by atoms with Crippen LogP contribution in [0.1, 0.15) is 31.2 Å². The molecule has 12 nitrogen and oxygen atoms in total. The summed E-state index contributed by atoms with van der Waals surface area (Å²) in [7, 11) is 4.46. The molecule has 0 radical (unpaired) electrons. The Kier molecular flexibility index (Phi) is 8.74. The number of nitro groups is 1. The highest BCUT2D eigenvalue weighted by molar-refractivity contribution is 9.10. The average Bonchev–Trinajstić information content (AvgIpc) is 3.59. The number of nitro benzene ring substituents is 1. The number of methoxy groups -OCH3 is 3. The van der Waals surface area contributed by atoms with Crippen molar-refractivity contribution < 1.29 is 33.1 Å². The molecule has 0 fully saturated rings. The summed E-state index contributed by atoms with van der Waals surface area (Å²) in [6.07, 6.45) is 1.56. The Labute approximate surface area is 262 Å². The minimum Gasteiger partial charge on any atom is -0.496 e. The summed E-state index contributed by atoms with van der Waals surface area (Å²) in [6, 6.07) is 9.97. The number of hydrogen-bond acceptors (Lipinski definition) is 11. The van der Waals surface area contributed by atoms with Crippen LogP contribution in [0, 0.1) is 10.1 Å². The van der Waals surface area contributed by atoms with E-state index in [9.17, 15) is 19.7 Å². The molecular weight excluding hydrogens is 658 g/mol. The third-order valence-corrected chi connectivity index (χ3v) is 8.54. The summed E-state index contributed by atoms with van der Waals surface area (Å²) in [6.45, 7) is 3.53. The minimum absolute atomic E-state index is 0.124. The smallest absolute Gasteiger partial charge is 0.338 e. The number of thiazole rings is 1. The standard InChI is InChI=1S/C30H26BrN3O9S/c1-6-42-29(36)26-15(2)32-30-33(27(26)18-13-23(40-4)24(41-5)14-20(18)31)28(35)25(44-30)12-17-8-10-22(43-17)19-11-16(34(37)38)7-9-21(19)39-3/h7-14,27H,6H2,1-5H3/b25-12-. The Hall–Kier alpha value is -4.69. The maximum Gasteiger partial charge on any atom is 0.338 e. The van der Waals surface area contributed by atoms with Crippen LogP contribution in [-0.2, 0) is 9.53 Å². The quantitative estimate of drug-likeness (QED) is 0.139. The molecule has 44 heavy (non-hydrogen) atoms. The van der Waals surface area contributed by atoms with Gasteiger partial charge in [0.2, 0.25) is 0 Å². The van der Waals surface area contributed by atoms with Crippen LogP contribution in [0.3, 0.4) is 0 Å². The van der Waals surface area contributed by atoms with E-state index in [0.29, 0.717) is 54.9 Å². The number of halogens is 1. The maximum atomic E-state index is 14.0. The Morgan fingerprint density at radius 3 is 2.48 bits per heavy atom. The van der Waals surface area contributed by atoms with Crippen molar-refractivity contribution in [3.63, 3.8) is 0 Å². The summed E-state index contributed by atoms with van der Waals surface area (Å²) in [5.74, 6) is 1.30. The Balaban J connectivity index is 1.68. The van der Waals surface area contributed by atoms with Gasteiger partial charge in [-0.15, -0.1) is 0 Å². The van der Waals surface area contributed by atoms with Crippen molar-refractivity contribution in [1.82, 2.24) is 4.57 Å². The molecule has 0 amide bonds. The van der Waals surface area contributed by atoms with Gasteiger partial charge < -0.3 is 23.4 Å². The normalized spacial score (nSPS) is 14.6. The van der Waals surface area contributed by atoms with Gasteiger partial charge in [-0.2, -0.15) is 0 Å². The largest absolute Gasteiger partial charge is 0.496 e. The van der Waals surface area contributed by atoms with E-state index < -0.39 is 22.5 Å². The van der Waals surface area contributed by atoms with Crippen LogP contribution in [0.15, 0.2) is 72.4 Å². The highest BCUT2D eigenvalue weighted by Gasteiger charge is 2.35. The summed E-state index contributed by atoms with van der Waals surface area (Å²) in [4.78, 5) is 43.1. The van der Waals surface area contributed by atoms with Crippen molar-refractivity contribution in [3.05, 3.63) is 99.3 Å². The SMILES string of the molecule is CCOC(=O)C1=C(C)N=c2s/c(=C\c3ccc(-c4cc([N+](=O)[O-])ccc4OC)o3)c(=O)n2C1c1cc(OC)c(OC)cc1Br. The molecule has 1 unspecified atom stereocenters. The van der Waals surface area contributed by atoms with Crippen molar-refractivity contribution >= 4 is 45.0 Å². The van der Waals surface area contributed by atoms with Gasteiger partial charge in [-0.1, -0.05) is 27.3 Å². The molecule has 0 spiro atoms. The van der Waals surface area contributed by atoms with Crippen LogP contribution in [0.4, 0.5) is 5.69 Å². The lowest BCUT2D eigenvalue weighted by Crippen LogP contribution is -2.40. The first-order chi connectivity index (χ1) is 21.1. The number of non-ortho nitro benzene ring substituents is 1. The highest BCUT2D eigenvalue weighted by atomic mass is 79.9. The predicted molar refractivity (Wildman–Crippen MR) is 165 cm³/mol. The Morgan fingerprint density at radius 1 is 1.11 bits per heavy atom. The zero-order chi connectivity index (χ0) is 31.7. The van der Waals surface area contributed by atoms with Crippen LogP contribution in [-0.4, -0.2) is 43.4 Å². The number of fused-ring (bicyclic) bond motifs is 1. The molecule has 0 aliphatic carbocycles. The van der Waals surface area contributed by atoms with Crippen LogP contribution >= 0.6 is 27.3 Å². The van der Waals surface area contributed by atoms with Crippen LogP contribution < -0.4 is 29.1 Å². The lowest BCUT2D eigenvalue weighted by Gasteiger charge is -2.26. The summed E-state index contributed by atoms with van der Waals surface area (Å²) in [5, 5.41) is 11.3. The summed E-state index contributed by atoms with van der Waals surface area (Å²) in [5.41, 5.74) is 1.01. The second kappa shape index (κ2) is 12.5. The first kappa shape index (κ1) is 30.8. The number of rotatable bonds is 9. The van der Waals surface area contributed by atoms with Crippen molar-refractivity contribution in [2.45, 2.75) is 19.9 Å². The third kappa shape index (κ3) is 5.53. The van der Waals surface area contributed by atoms with Crippen LogP contribution in [0.5, 0.6) is 17.2 Å². The van der Waals surface area contributed by atoms with Gasteiger partial charge in [0.1, 0.15) is 17.3 Å². The van der Waals surface area contributed by atoms with Gasteiger partial charge in [-0.05, 0) is 49.7 Å². The molecule has 0 saturated heterocycles. The van der Waals surface area contributed by atoms with Gasteiger partial charge in [0.15, 0.2) is 16.3 Å². The molecule has 3 heterocycles. The van der Waals surface area contributed by atoms with E-state index in [-0.39, 0.29) is 22.4 Å². The zero-order valence-corrected chi connectivity index (χ0v) is 26.6. The van der Waals surface area contributed by atoms with Crippen molar-refractivity contribution in [2.24, 2.45) is 4.99 Å². The molecule has 228 valence electrons. The second-order valence-electron chi connectivity index (χ2n) is 9.37. The molecule has 0 saturated carbocycles. The van der Waals surface area contributed by atoms with Gasteiger partial charge in [0.05, 0.1) is 60.3 Å². The number of hydrogen-bond donors (Lipinski definition) is 0. The number of esters is 1. The van der Waals surface area contributed by atoms with Crippen LogP contribution in [0.2, 0.25) is 0 Å². The monoisotopic (exact) mass is 683 g/mol. The molecule has 1 aliphatic heterocycles. The fourth-order valence-corrected chi connectivity index (χ4v) is 6.44. The first-order valence-corrected chi connectivity index (χ1v) is 14.8. The Morgan fingerprint density at radius 2 is 1.82 bits per heavy atom. The number of aromatic nitrogens is 1. The molecule has 14 heteroatoms. The first-order valence-electron chi connectivity index (χ1n) is 13.2. The number of carbonyl (C=O) groups is 1. The lowest BCUT2D eigenvalue weighted by molar-refractivity contribution is -0.384. The molecule has 4 aromatic rings. The number of benzene rings is 2. The van der Waals surface area contributed by atoms with E-state index in [1.165, 1.54) is 44.1 Å². The van der Waals surface area contributed by atoms with E-state index in [1.54, 1.807) is 44.2 Å². The van der Waals surface area contributed by atoms with Gasteiger partial charge >= 0.3 is 5.97 Å². The molecular formula is C30H26BrN3O9S. The van der Waals surface area contributed by atoms with Crippen molar-refractivity contribution in [2.75, 3.05) is 27.9 Å². The fourth-order valence-electron chi connectivity index (χ4n) is 4.87. The van der Waals surface area contributed by atoms with Gasteiger partial charge in [-0.25, -0.2) is 9.79 Å². The van der Waals surface area contributed by atoms with Crippen molar-refractivity contribution in [3.8, 4) is 28.6 Å². The summed E-state index contributed by atoms with van der Waals surface area (Å²) < 4.78 is 30.0. The van der Waals surface area contributed by atoms with Gasteiger partial charge in [-0.3, -0.25) is 19.5 Å². The van der Waals surface area contributed by atoms with E-state index in [0.717, 1.165) is 11.3 Å². The van der Waals surface area contributed by atoms with Crippen LogP contribution in [0.25, 0.3) is 17.4 Å². The number of nitrogens with zero attached hydrogens (tertiary/aromatic N) is 3. The fraction of sp³-hybridized carbons (Fsp3) is 0.233. The molecule has 0 bridgehead atoms. The molecule has 0 N–H and O–H groups in total.